The van der Waals surface area contributed by atoms with E-state index in [-0.39, 0.29) is 5.78 Å². The Morgan fingerprint density at radius 2 is 2.05 bits per heavy atom. The number of hydrogen-bond donors (Lipinski definition) is 1. The summed E-state index contributed by atoms with van der Waals surface area (Å²) in [4.78, 5) is 16.4. The summed E-state index contributed by atoms with van der Waals surface area (Å²) in [6.07, 6.45) is 2.54. The fourth-order valence-corrected chi connectivity index (χ4v) is 2.06. The summed E-state index contributed by atoms with van der Waals surface area (Å²) in [5.41, 5.74) is 8.34. The lowest BCUT2D eigenvalue weighted by Gasteiger charge is -2.07. The number of carbonyl (C=O) groups excluding carboxylic acids is 1. The van der Waals surface area contributed by atoms with Gasteiger partial charge < -0.3 is 5.73 Å². The molecule has 0 saturated heterocycles. The third kappa shape index (κ3) is 3.19. The molecule has 0 bridgehead atoms. The number of hydrogen-bond acceptors (Lipinski definition) is 3. The average molecular weight is 254 g/mol. The minimum atomic E-state index is -0.122. The van der Waals surface area contributed by atoms with Gasteiger partial charge >= 0.3 is 0 Å². The van der Waals surface area contributed by atoms with Crippen LogP contribution in [0.25, 0.3) is 0 Å². The van der Waals surface area contributed by atoms with Crippen molar-refractivity contribution in [1.82, 2.24) is 4.98 Å². The molecule has 1 aromatic carbocycles. The lowest BCUT2D eigenvalue weighted by Crippen LogP contribution is -2.08. The number of nitrogen functional groups attached to an aromatic ring is 1. The second-order valence-electron chi connectivity index (χ2n) is 5.07. The number of carbonyl (C=O) groups is 1. The average Bonchev–Trinajstić information content (AvgIpc) is 2.38. The van der Waals surface area contributed by atoms with Gasteiger partial charge in [-0.25, -0.2) is 0 Å². The summed E-state index contributed by atoms with van der Waals surface area (Å²) in [6.45, 7) is 4.32. The number of ketones is 1. The lowest BCUT2D eigenvalue weighted by atomic mass is 9.98. The van der Waals surface area contributed by atoms with Gasteiger partial charge in [-0.2, -0.15) is 0 Å². The first kappa shape index (κ1) is 13.3. The predicted molar refractivity (Wildman–Crippen MR) is 77.1 cm³/mol. The number of benzene rings is 1. The number of rotatable bonds is 4. The highest BCUT2D eigenvalue weighted by Gasteiger charge is 2.13. The number of anilines is 1. The van der Waals surface area contributed by atoms with Gasteiger partial charge in [0.25, 0.3) is 0 Å². The molecule has 2 rings (SSSR count). The Balaban J connectivity index is 2.32. The Kier molecular flexibility index (Phi) is 3.95. The van der Waals surface area contributed by atoms with E-state index in [4.69, 9.17) is 5.73 Å². The Morgan fingerprint density at radius 1 is 1.26 bits per heavy atom. The zero-order valence-corrected chi connectivity index (χ0v) is 11.3. The second kappa shape index (κ2) is 5.65. The maximum Gasteiger partial charge on any atom is 0.213 e. The van der Waals surface area contributed by atoms with Gasteiger partial charge in [0.1, 0.15) is 5.69 Å². The smallest absolute Gasteiger partial charge is 0.213 e. The summed E-state index contributed by atoms with van der Waals surface area (Å²) in [5, 5.41) is 0. The molecule has 0 spiro atoms. The summed E-state index contributed by atoms with van der Waals surface area (Å²) < 4.78 is 0. The first-order valence-corrected chi connectivity index (χ1v) is 6.42. The largest absolute Gasteiger partial charge is 0.397 e. The summed E-state index contributed by atoms with van der Waals surface area (Å²) in [7, 11) is 0. The first-order valence-electron chi connectivity index (χ1n) is 6.42. The number of aromatic nitrogens is 1. The van der Waals surface area contributed by atoms with Crippen LogP contribution >= 0.6 is 0 Å². The van der Waals surface area contributed by atoms with Crippen molar-refractivity contribution in [2.24, 2.45) is 5.92 Å². The third-order valence-corrected chi connectivity index (χ3v) is 2.89. The molecule has 0 saturated carbocycles. The van der Waals surface area contributed by atoms with E-state index in [1.54, 1.807) is 24.4 Å². The van der Waals surface area contributed by atoms with Crippen LogP contribution in [-0.4, -0.2) is 10.8 Å². The van der Waals surface area contributed by atoms with E-state index in [0.29, 0.717) is 22.9 Å². The van der Waals surface area contributed by atoms with Gasteiger partial charge in [0.15, 0.2) is 0 Å². The van der Waals surface area contributed by atoms with Gasteiger partial charge in [-0.15, -0.1) is 0 Å². The molecule has 0 aliphatic heterocycles. The van der Waals surface area contributed by atoms with Crippen molar-refractivity contribution in [3.05, 3.63) is 59.4 Å². The van der Waals surface area contributed by atoms with E-state index in [9.17, 15) is 4.79 Å². The van der Waals surface area contributed by atoms with Crippen LogP contribution in [0.4, 0.5) is 5.69 Å². The minimum absolute atomic E-state index is 0.122. The summed E-state index contributed by atoms with van der Waals surface area (Å²) in [6, 6.07) is 11.1. The normalized spacial score (nSPS) is 10.7. The van der Waals surface area contributed by atoms with Gasteiger partial charge in [0, 0.05) is 11.8 Å². The minimum Gasteiger partial charge on any atom is -0.397 e. The van der Waals surface area contributed by atoms with Crippen molar-refractivity contribution >= 4 is 11.5 Å². The molecule has 3 heteroatoms. The van der Waals surface area contributed by atoms with E-state index in [1.165, 1.54) is 0 Å². The highest BCUT2D eigenvalue weighted by molar-refractivity contribution is 6.10. The van der Waals surface area contributed by atoms with E-state index in [2.05, 4.69) is 18.8 Å². The van der Waals surface area contributed by atoms with Crippen molar-refractivity contribution in [3.63, 3.8) is 0 Å². The van der Waals surface area contributed by atoms with Crippen LogP contribution in [0.1, 0.15) is 35.5 Å². The molecule has 0 radical (unpaired) electrons. The van der Waals surface area contributed by atoms with E-state index < -0.39 is 0 Å². The molecule has 2 N–H and O–H groups in total. The molecule has 3 nitrogen and oxygen atoms in total. The second-order valence-corrected chi connectivity index (χ2v) is 5.07. The fraction of sp³-hybridized carbons (Fsp3) is 0.250. The zero-order valence-electron chi connectivity index (χ0n) is 11.3. The summed E-state index contributed by atoms with van der Waals surface area (Å²) in [5.74, 6) is 0.439. The highest BCUT2D eigenvalue weighted by Crippen LogP contribution is 2.16. The maximum absolute atomic E-state index is 12.4. The van der Waals surface area contributed by atoms with E-state index >= 15 is 0 Å². The van der Waals surface area contributed by atoms with Crippen LogP contribution in [0, 0.1) is 5.92 Å². The van der Waals surface area contributed by atoms with Crippen molar-refractivity contribution in [2.45, 2.75) is 20.3 Å². The quantitative estimate of drug-likeness (QED) is 0.853. The molecule has 19 heavy (non-hydrogen) atoms. The molecular formula is C16H18N2O. The van der Waals surface area contributed by atoms with E-state index in [1.807, 2.05) is 18.2 Å². The van der Waals surface area contributed by atoms with Crippen LogP contribution < -0.4 is 5.73 Å². The molecule has 1 aromatic heterocycles. The van der Waals surface area contributed by atoms with Gasteiger partial charge in [-0.3, -0.25) is 9.78 Å². The maximum atomic E-state index is 12.4. The molecule has 0 atom stereocenters. The standard InChI is InChI=1S/C16H18N2O/c1-11(2)9-12-5-3-6-13(10-12)16(19)15-14(17)7-4-8-18-15/h3-8,10-11H,9,17H2,1-2H3. The van der Waals surface area contributed by atoms with Gasteiger partial charge in [0.2, 0.25) is 5.78 Å². The van der Waals surface area contributed by atoms with Gasteiger partial charge in [-0.05, 0) is 36.1 Å². The van der Waals surface area contributed by atoms with Crippen molar-refractivity contribution in [1.29, 1.82) is 0 Å². The number of nitrogens with zero attached hydrogens (tertiary/aromatic N) is 1. The lowest BCUT2D eigenvalue weighted by molar-refractivity contribution is 0.103. The fourth-order valence-electron chi connectivity index (χ4n) is 2.06. The number of pyridine rings is 1. The van der Waals surface area contributed by atoms with Gasteiger partial charge in [0.05, 0.1) is 5.69 Å². The van der Waals surface area contributed by atoms with Crippen LogP contribution in [-0.2, 0) is 6.42 Å². The SMILES string of the molecule is CC(C)Cc1cccc(C(=O)c2ncccc2N)c1. The van der Waals surface area contributed by atoms with Gasteiger partial charge in [-0.1, -0.05) is 32.0 Å². The van der Waals surface area contributed by atoms with Crippen molar-refractivity contribution in [2.75, 3.05) is 5.73 Å². The first-order chi connectivity index (χ1) is 9.08. The highest BCUT2D eigenvalue weighted by atomic mass is 16.1. The zero-order chi connectivity index (χ0) is 13.8. The Labute approximate surface area is 113 Å². The predicted octanol–water partition coefficient (Wildman–Crippen LogP) is 3.09. The van der Waals surface area contributed by atoms with Crippen molar-refractivity contribution in [3.8, 4) is 0 Å². The number of nitrogens with two attached hydrogens (primary N) is 1. The topological polar surface area (TPSA) is 56.0 Å². The molecule has 0 unspecified atom stereocenters. The molecule has 0 amide bonds. The monoisotopic (exact) mass is 254 g/mol. The van der Waals surface area contributed by atoms with Crippen LogP contribution in [0.5, 0.6) is 0 Å². The molecular weight excluding hydrogens is 236 g/mol. The molecule has 0 fully saturated rings. The molecule has 0 aliphatic carbocycles. The molecule has 0 aliphatic rings. The van der Waals surface area contributed by atoms with E-state index in [0.717, 1.165) is 12.0 Å². The molecule has 98 valence electrons. The van der Waals surface area contributed by atoms with Crippen molar-refractivity contribution < 1.29 is 4.79 Å². The molecule has 2 aromatic rings. The van der Waals surface area contributed by atoms with Crippen LogP contribution in [0.2, 0.25) is 0 Å². The molecule has 1 heterocycles. The summed E-state index contributed by atoms with van der Waals surface area (Å²) >= 11 is 0. The Morgan fingerprint density at radius 3 is 2.74 bits per heavy atom. The van der Waals surface area contributed by atoms with Crippen LogP contribution in [0.3, 0.4) is 0 Å². The Bertz CT molecular complexity index is 591. The van der Waals surface area contributed by atoms with Crippen LogP contribution in [0.15, 0.2) is 42.6 Å². The Hall–Kier alpha value is -2.16. The third-order valence-electron chi connectivity index (χ3n) is 2.89.